The Morgan fingerprint density at radius 3 is 2.81 bits per heavy atom. The number of sulfonamides is 1. The number of ether oxygens (including phenoxy) is 1. The largest absolute Gasteiger partial charge is 0.497 e. The van der Waals surface area contributed by atoms with E-state index < -0.39 is 15.9 Å². The quantitative estimate of drug-likeness (QED) is 0.474. The van der Waals surface area contributed by atoms with Crippen LogP contribution in [-0.4, -0.2) is 33.2 Å². The number of benzene rings is 2. The van der Waals surface area contributed by atoms with Gasteiger partial charge in [-0.2, -0.15) is 0 Å². The Balaban J connectivity index is 1.91. The minimum absolute atomic E-state index is 0.174. The first-order valence-electron chi connectivity index (χ1n) is 7.87. The third-order valence-electron chi connectivity index (χ3n) is 4.12. The molecule has 1 aliphatic heterocycles. The average molecular weight is 374 g/mol. The summed E-state index contributed by atoms with van der Waals surface area (Å²) in [6.07, 6.45) is 3.32. The Bertz CT molecular complexity index is 969. The number of carbonyl (C=O) groups excluding carboxylic acids is 1. The van der Waals surface area contributed by atoms with Crippen LogP contribution in [-0.2, 0) is 21.2 Å². The van der Waals surface area contributed by atoms with E-state index in [1.54, 1.807) is 36.4 Å². The Morgan fingerprint density at radius 1 is 1.27 bits per heavy atom. The molecule has 3 rings (SSSR count). The molecule has 0 fully saturated rings. The smallest absolute Gasteiger partial charge is 0.267 e. The molecule has 0 bridgehead atoms. The lowest BCUT2D eigenvalue weighted by molar-refractivity contribution is -0.124. The summed E-state index contributed by atoms with van der Waals surface area (Å²) in [4.78, 5) is 11.2. The number of nitrogens with one attached hydrogen (secondary N) is 1. The van der Waals surface area contributed by atoms with Gasteiger partial charge in [-0.05, 0) is 47.9 Å². The monoisotopic (exact) mass is 374 g/mol. The highest BCUT2D eigenvalue weighted by Crippen LogP contribution is 2.34. The molecule has 0 unspecified atom stereocenters. The summed E-state index contributed by atoms with van der Waals surface area (Å²) < 4.78 is 32.5. The predicted octanol–water partition coefficient (Wildman–Crippen LogP) is 1.97. The van der Waals surface area contributed by atoms with Gasteiger partial charge in [-0.3, -0.25) is 14.3 Å². The van der Waals surface area contributed by atoms with Crippen molar-refractivity contribution in [2.45, 2.75) is 11.3 Å². The maximum absolute atomic E-state index is 13.0. The zero-order valence-electron chi connectivity index (χ0n) is 14.0. The van der Waals surface area contributed by atoms with Crippen molar-refractivity contribution in [2.24, 2.45) is 0 Å². The van der Waals surface area contributed by atoms with Crippen molar-refractivity contribution >= 4 is 27.7 Å². The standard InChI is InChI=1S/C18H18N2O5S/c1-25-15-3-2-4-16(12-15)26(23,24)20-10-9-14-11-13(5-7-17(14)20)6-8-18(21)19-22/h2-8,11-12,22H,9-10H2,1H3,(H,19,21). The molecule has 2 aromatic carbocycles. The Hall–Kier alpha value is -2.84. The lowest BCUT2D eigenvalue weighted by atomic mass is 10.1. The van der Waals surface area contributed by atoms with Gasteiger partial charge in [0, 0.05) is 18.7 Å². The van der Waals surface area contributed by atoms with Crippen LogP contribution >= 0.6 is 0 Å². The van der Waals surface area contributed by atoms with Crippen LogP contribution in [0.15, 0.2) is 53.4 Å². The first-order chi connectivity index (χ1) is 12.5. The number of anilines is 1. The van der Waals surface area contributed by atoms with Crippen LogP contribution in [0, 0.1) is 0 Å². The molecule has 8 heteroatoms. The first kappa shape index (κ1) is 18.0. The maximum atomic E-state index is 13.0. The van der Waals surface area contributed by atoms with E-state index in [9.17, 15) is 13.2 Å². The number of hydrogen-bond donors (Lipinski definition) is 2. The molecule has 0 aromatic heterocycles. The fourth-order valence-electron chi connectivity index (χ4n) is 2.84. The minimum atomic E-state index is -3.69. The molecule has 1 heterocycles. The van der Waals surface area contributed by atoms with E-state index in [1.165, 1.54) is 29.0 Å². The summed E-state index contributed by atoms with van der Waals surface area (Å²) >= 11 is 0. The lowest BCUT2D eigenvalue weighted by Gasteiger charge is -2.20. The summed E-state index contributed by atoms with van der Waals surface area (Å²) in [5, 5.41) is 8.50. The third kappa shape index (κ3) is 3.42. The van der Waals surface area contributed by atoms with Crippen molar-refractivity contribution in [1.82, 2.24) is 5.48 Å². The molecule has 0 aliphatic carbocycles. The van der Waals surface area contributed by atoms with Crippen LogP contribution in [0.5, 0.6) is 5.75 Å². The van der Waals surface area contributed by atoms with Gasteiger partial charge in [0.1, 0.15) is 5.75 Å². The van der Waals surface area contributed by atoms with Crippen LogP contribution in [0.3, 0.4) is 0 Å². The van der Waals surface area contributed by atoms with Crippen LogP contribution in [0.25, 0.3) is 6.08 Å². The first-order valence-corrected chi connectivity index (χ1v) is 9.31. The van der Waals surface area contributed by atoms with Gasteiger partial charge in [0.05, 0.1) is 17.7 Å². The highest BCUT2D eigenvalue weighted by Gasteiger charge is 2.31. The van der Waals surface area contributed by atoms with Crippen LogP contribution < -0.4 is 14.5 Å². The molecular weight excluding hydrogens is 356 g/mol. The van der Waals surface area contributed by atoms with Crippen LogP contribution in [0.2, 0.25) is 0 Å². The molecule has 7 nitrogen and oxygen atoms in total. The number of rotatable bonds is 5. The SMILES string of the molecule is COc1cccc(S(=O)(=O)N2CCc3cc(C=CC(=O)NO)ccc32)c1. The predicted molar refractivity (Wildman–Crippen MR) is 96.6 cm³/mol. The molecule has 0 saturated heterocycles. The summed E-state index contributed by atoms with van der Waals surface area (Å²) in [7, 11) is -2.20. The van der Waals surface area contributed by atoms with E-state index >= 15 is 0 Å². The van der Waals surface area contributed by atoms with Crippen molar-refractivity contribution < 1.29 is 23.2 Å². The Kier molecular flexibility index (Phi) is 4.97. The topological polar surface area (TPSA) is 95.9 Å². The van der Waals surface area contributed by atoms with E-state index in [1.807, 2.05) is 6.07 Å². The molecule has 0 atom stereocenters. The van der Waals surface area contributed by atoms with Gasteiger partial charge in [0.25, 0.3) is 15.9 Å². The number of hydrogen-bond acceptors (Lipinski definition) is 5. The van der Waals surface area contributed by atoms with Gasteiger partial charge in [-0.15, -0.1) is 0 Å². The van der Waals surface area contributed by atoms with Crippen molar-refractivity contribution in [2.75, 3.05) is 18.0 Å². The molecule has 0 spiro atoms. The van der Waals surface area contributed by atoms with Gasteiger partial charge >= 0.3 is 0 Å². The molecule has 1 amide bonds. The van der Waals surface area contributed by atoms with Gasteiger partial charge < -0.3 is 4.74 Å². The Labute approximate surface area is 151 Å². The van der Waals surface area contributed by atoms with Gasteiger partial charge in [-0.1, -0.05) is 12.1 Å². The third-order valence-corrected chi connectivity index (χ3v) is 5.93. The average Bonchev–Trinajstić information content (AvgIpc) is 3.10. The molecule has 0 radical (unpaired) electrons. The molecule has 0 saturated carbocycles. The minimum Gasteiger partial charge on any atom is -0.497 e. The zero-order valence-corrected chi connectivity index (χ0v) is 14.9. The number of methoxy groups -OCH3 is 1. The highest BCUT2D eigenvalue weighted by atomic mass is 32.2. The van der Waals surface area contributed by atoms with Crippen molar-refractivity contribution in [1.29, 1.82) is 0 Å². The number of fused-ring (bicyclic) bond motifs is 1. The fourth-order valence-corrected chi connectivity index (χ4v) is 4.38. The second kappa shape index (κ2) is 7.19. The molecule has 2 aromatic rings. The number of amides is 1. The van der Waals surface area contributed by atoms with Crippen molar-refractivity contribution in [3.05, 3.63) is 59.7 Å². The van der Waals surface area contributed by atoms with Crippen LogP contribution in [0.1, 0.15) is 11.1 Å². The number of hydroxylamine groups is 1. The van der Waals surface area contributed by atoms with Gasteiger partial charge in [0.2, 0.25) is 0 Å². The Morgan fingerprint density at radius 2 is 2.08 bits per heavy atom. The summed E-state index contributed by atoms with van der Waals surface area (Å²) in [6.45, 7) is 0.346. The van der Waals surface area contributed by atoms with E-state index in [4.69, 9.17) is 9.94 Å². The highest BCUT2D eigenvalue weighted by molar-refractivity contribution is 7.92. The summed E-state index contributed by atoms with van der Waals surface area (Å²) in [5.41, 5.74) is 3.76. The van der Waals surface area contributed by atoms with E-state index in [2.05, 4.69) is 0 Å². The molecule has 2 N–H and O–H groups in total. The number of carbonyl (C=O) groups is 1. The molecule has 1 aliphatic rings. The number of nitrogens with zero attached hydrogens (tertiary/aromatic N) is 1. The van der Waals surface area contributed by atoms with Crippen molar-refractivity contribution in [3.63, 3.8) is 0 Å². The van der Waals surface area contributed by atoms with Gasteiger partial charge in [-0.25, -0.2) is 13.9 Å². The van der Waals surface area contributed by atoms with E-state index in [0.29, 0.717) is 24.4 Å². The summed E-state index contributed by atoms with van der Waals surface area (Å²) in [5.74, 6) is -0.152. The fraction of sp³-hybridized carbons (Fsp3) is 0.167. The molecule has 26 heavy (non-hydrogen) atoms. The summed E-state index contributed by atoms with van der Waals surface area (Å²) in [6, 6.07) is 11.6. The van der Waals surface area contributed by atoms with Crippen LogP contribution in [0.4, 0.5) is 5.69 Å². The second-order valence-corrected chi connectivity index (χ2v) is 7.57. The molecular formula is C18H18N2O5S. The second-order valence-electron chi connectivity index (χ2n) is 5.70. The van der Waals surface area contributed by atoms with Crippen molar-refractivity contribution in [3.8, 4) is 5.75 Å². The zero-order chi connectivity index (χ0) is 18.7. The lowest BCUT2D eigenvalue weighted by Crippen LogP contribution is -2.29. The van der Waals surface area contributed by atoms with E-state index in [0.717, 1.165) is 11.1 Å². The van der Waals surface area contributed by atoms with Gasteiger partial charge in [0.15, 0.2) is 0 Å². The van der Waals surface area contributed by atoms with E-state index in [-0.39, 0.29) is 4.90 Å². The molecule has 136 valence electrons. The maximum Gasteiger partial charge on any atom is 0.267 e. The normalized spacial score (nSPS) is 13.7.